The SMILES string of the molecule is CCC1CCCCN1C(=O)CSc1nnc(-c2ccc(F)cc2)n1C. The summed E-state index contributed by atoms with van der Waals surface area (Å²) in [4.78, 5) is 14.6. The van der Waals surface area contributed by atoms with Crippen LogP contribution in [0.4, 0.5) is 4.39 Å². The highest BCUT2D eigenvalue weighted by Crippen LogP contribution is 2.25. The number of nitrogens with zero attached hydrogens (tertiary/aromatic N) is 4. The van der Waals surface area contributed by atoms with Crippen LogP contribution in [0.5, 0.6) is 0 Å². The highest BCUT2D eigenvalue weighted by Gasteiger charge is 2.25. The Bertz CT molecular complexity index is 731. The molecule has 0 bridgehead atoms. The van der Waals surface area contributed by atoms with E-state index in [-0.39, 0.29) is 11.7 Å². The van der Waals surface area contributed by atoms with E-state index < -0.39 is 0 Å². The summed E-state index contributed by atoms with van der Waals surface area (Å²) in [6.45, 7) is 3.00. The van der Waals surface area contributed by atoms with Crippen LogP contribution >= 0.6 is 11.8 Å². The molecule has 1 atom stereocenters. The van der Waals surface area contributed by atoms with Crippen molar-refractivity contribution in [3.8, 4) is 11.4 Å². The summed E-state index contributed by atoms with van der Waals surface area (Å²) >= 11 is 1.40. The summed E-state index contributed by atoms with van der Waals surface area (Å²) in [5, 5.41) is 9.06. The average molecular weight is 362 g/mol. The van der Waals surface area contributed by atoms with Crippen molar-refractivity contribution in [3.63, 3.8) is 0 Å². The molecule has 1 aromatic heterocycles. The molecule has 3 rings (SSSR count). The predicted molar refractivity (Wildman–Crippen MR) is 96.8 cm³/mol. The normalized spacial score (nSPS) is 17.7. The molecule has 1 unspecified atom stereocenters. The number of hydrogen-bond acceptors (Lipinski definition) is 4. The molecule has 0 spiro atoms. The Morgan fingerprint density at radius 1 is 1.28 bits per heavy atom. The second kappa shape index (κ2) is 7.99. The molecule has 1 aliphatic rings. The van der Waals surface area contributed by atoms with Crippen molar-refractivity contribution < 1.29 is 9.18 Å². The van der Waals surface area contributed by atoms with Crippen LogP contribution in [0.2, 0.25) is 0 Å². The van der Waals surface area contributed by atoms with Crippen LogP contribution in [0, 0.1) is 5.82 Å². The molecule has 134 valence electrons. The van der Waals surface area contributed by atoms with E-state index >= 15 is 0 Å². The van der Waals surface area contributed by atoms with E-state index in [0.717, 1.165) is 31.4 Å². The molecule has 2 aromatic rings. The van der Waals surface area contributed by atoms with Gasteiger partial charge < -0.3 is 9.47 Å². The van der Waals surface area contributed by atoms with E-state index in [4.69, 9.17) is 0 Å². The first-order valence-corrected chi connectivity index (χ1v) is 9.66. The largest absolute Gasteiger partial charge is 0.339 e. The Labute approximate surface area is 151 Å². The van der Waals surface area contributed by atoms with Gasteiger partial charge in [0.05, 0.1) is 5.75 Å². The Morgan fingerprint density at radius 3 is 2.76 bits per heavy atom. The van der Waals surface area contributed by atoms with Gasteiger partial charge in [-0.15, -0.1) is 10.2 Å². The first-order chi connectivity index (χ1) is 12.1. The smallest absolute Gasteiger partial charge is 0.233 e. The number of amides is 1. The van der Waals surface area contributed by atoms with Crippen LogP contribution in [0.3, 0.4) is 0 Å². The third kappa shape index (κ3) is 4.03. The van der Waals surface area contributed by atoms with Crippen molar-refractivity contribution in [2.24, 2.45) is 7.05 Å². The predicted octanol–water partition coefficient (Wildman–Crippen LogP) is 3.50. The van der Waals surface area contributed by atoms with E-state index in [1.54, 1.807) is 12.1 Å². The molecule has 1 fully saturated rings. The van der Waals surface area contributed by atoms with Gasteiger partial charge in [0.1, 0.15) is 5.82 Å². The lowest BCUT2D eigenvalue weighted by Crippen LogP contribution is -2.44. The topological polar surface area (TPSA) is 51.0 Å². The molecule has 1 aromatic carbocycles. The molecule has 0 saturated carbocycles. The van der Waals surface area contributed by atoms with Crippen molar-refractivity contribution in [1.29, 1.82) is 0 Å². The number of thioether (sulfide) groups is 1. The molecule has 25 heavy (non-hydrogen) atoms. The van der Waals surface area contributed by atoms with Crippen molar-refractivity contribution in [3.05, 3.63) is 30.1 Å². The van der Waals surface area contributed by atoms with Crippen LogP contribution in [-0.2, 0) is 11.8 Å². The van der Waals surface area contributed by atoms with Crippen molar-refractivity contribution in [2.75, 3.05) is 12.3 Å². The minimum absolute atomic E-state index is 0.169. The van der Waals surface area contributed by atoms with Gasteiger partial charge >= 0.3 is 0 Å². The number of likely N-dealkylation sites (tertiary alicyclic amines) is 1. The van der Waals surface area contributed by atoms with Gasteiger partial charge in [0, 0.05) is 25.2 Å². The van der Waals surface area contributed by atoms with Gasteiger partial charge in [0.15, 0.2) is 11.0 Å². The minimum atomic E-state index is -0.280. The van der Waals surface area contributed by atoms with E-state index in [9.17, 15) is 9.18 Å². The number of aromatic nitrogens is 3. The van der Waals surface area contributed by atoms with E-state index in [0.29, 0.717) is 22.8 Å². The van der Waals surface area contributed by atoms with Gasteiger partial charge in [0.2, 0.25) is 5.91 Å². The highest BCUT2D eigenvalue weighted by atomic mass is 32.2. The zero-order chi connectivity index (χ0) is 17.8. The molecule has 5 nitrogen and oxygen atoms in total. The summed E-state index contributed by atoms with van der Waals surface area (Å²) in [5.74, 6) is 0.923. The highest BCUT2D eigenvalue weighted by molar-refractivity contribution is 7.99. The molecule has 1 saturated heterocycles. The van der Waals surface area contributed by atoms with Crippen LogP contribution in [-0.4, -0.2) is 43.9 Å². The van der Waals surface area contributed by atoms with Gasteiger partial charge in [-0.25, -0.2) is 4.39 Å². The third-order valence-corrected chi connectivity index (χ3v) is 5.69. The molecule has 0 N–H and O–H groups in total. The standard InChI is InChI=1S/C18H23FN4OS/c1-3-15-6-4-5-11-23(15)16(24)12-25-18-21-20-17(22(18)2)13-7-9-14(19)10-8-13/h7-10,15H,3-6,11-12H2,1-2H3. The number of piperidine rings is 1. The Balaban J connectivity index is 1.65. The molecule has 0 radical (unpaired) electrons. The monoisotopic (exact) mass is 362 g/mol. The first-order valence-electron chi connectivity index (χ1n) is 8.67. The number of carbonyl (C=O) groups excluding carboxylic acids is 1. The summed E-state index contributed by atoms with van der Waals surface area (Å²) < 4.78 is 14.9. The molecular weight excluding hydrogens is 339 g/mol. The number of rotatable bonds is 5. The zero-order valence-corrected chi connectivity index (χ0v) is 15.4. The Hall–Kier alpha value is -1.89. The second-order valence-electron chi connectivity index (χ2n) is 6.31. The molecule has 1 aliphatic heterocycles. The molecular formula is C18H23FN4OS. The van der Waals surface area contributed by atoms with Crippen LogP contribution in [0.15, 0.2) is 29.4 Å². The van der Waals surface area contributed by atoms with E-state index in [1.807, 2.05) is 16.5 Å². The lowest BCUT2D eigenvalue weighted by molar-refractivity contribution is -0.132. The molecule has 2 heterocycles. The van der Waals surface area contributed by atoms with Crippen molar-refractivity contribution >= 4 is 17.7 Å². The third-order valence-electron chi connectivity index (χ3n) is 4.68. The van der Waals surface area contributed by atoms with Gasteiger partial charge in [-0.05, 0) is 49.9 Å². The molecule has 0 aliphatic carbocycles. The zero-order valence-electron chi connectivity index (χ0n) is 14.6. The minimum Gasteiger partial charge on any atom is -0.339 e. The summed E-state index contributed by atoms with van der Waals surface area (Å²) in [5.41, 5.74) is 0.802. The first kappa shape index (κ1) is 17.9. The lowest BCUT2D eigenvalue weighted by atomic mass is 10.0. The fourth-order valence-corrected chi connectivity index (χ4v) is 4.05. The van der Waals surface area contributed by atoms with Crippen LogP contribution in [0.25, 0.3) is 11.4 Å². The fourth-order valence-electron chi connectivity index (χ4n) is 3.25. The average Bonchev–Trinajstić information content (AvgIpc) is 3.01. The van der Waals surface area contributed by atoms with Gasteiger partial charge in [0.25, 0.3) is 0 Å². The number of benzene rings is 1. The van der Waals surface area contributed by atoms with Crippen molar-refractivity contribution in [1.82, 2.24) is 19.7 Å². The van der Waals surface area contributed by atoms with Crippen LogP contribution < -0.4 is 0 Å². The van der Waals surface area contributed by atoms with Crippen molar-refractivity contribution in [2.45, 2.75) is 43.8 Å². The number of halogens is 1. The quantitative estimate of drug-likeness (QED) is 0.764. The maximum Gasteiger partial charge on any atom is 0.233 e. The lowest BCUT2D eigenvalue weighted by Gasteiger charge is -2.35. The summed E-state index contributed by atoms with van der Waals surface area (Å²) in [7, 11) is 1.86. The fraction of sp³-hybridized carbons (Fsp3) is 0.500. The van der Waals surface area contributed by atoms with Gasteiger partial charge in [-0.2, -0.15) is 0 Å². The van der Waals surface area contributed by atoms with E-state index in [2.05, 4.69) is 17.1 Å². The number of carbonyl (C=O) groups is 1. The maximum atomic E-state index is 13.1. The van der Waals surface area contributed by atoms with Gasteiger partial charge in [-0.3, -0.25) is 4.79 Å². The molecule has 7 heteroatoms. The Kier molecular flexibility index (Phi) is 5.73. The van der Waals surface area contributed by atoms with Gasteiger partial charge in [-0.1, -0.05) is 18.7 Å². The molecule has 1 amide bonds. The Morgan fingerprint density at radius 2 is 2.04 bits per heavy atom. The maximum absolute atomic E-state index is 13.1. The van der Waals surface area contributed by atoms with Crippen LogP contribution in [0.1, 0.15) is 32.6 Å². The number of hydrogen-bond donors (Lipinski definition) is 0. The second-order valence-corrected chi connectivity index (χ2v) is 7.25. The van der Waals surface area contributed by atoms with E-state index in [1.165, 1.54) is 30.3 Å². The summed E-state index contributed by atoms with van der Waals surface area (Å²) in [6, 6.07) is 6.54. The summed E-state index contributed by atoms with van der Waals surface area (Å²) in [6.07, 6.45) is 4.41.